The van der Waals surface area contributed by atoms with Crippen LogP contribution in [0, 0.1) is 0 Å². The molecular weight excluding hydrogens is 278 g/mol. The third-order valence-corrected chi connectivity index (χ3v) is 3.84. The van der Waals surface area contributed by atoms with Crippen LogP contribution < -0.4 is 5.32 Å². The van der Waals surface area contributed by atoms with Crippen LogP contribution in [-0.2, 0) is 9.53 Å². The van der Waals surface area contributed by atoms with Crippen molar-refractivity contribution in [2.75, 3.05) is 19.8 Å². The molecule has 4 heteroatoms. The van der Waals surface area contributed by atoms with E-state index in [0.717, 1.165) is 32.1 Å². The van der Waals surface area contributed by atoms with E-state index in [4.69, 9.17) is 4.74 Å². The molecule has 0 aliphatic heterocycles. The maximum atomic E-state index is 11.7. The summed E-state index contributed by atoms with van der Waals surface area (Å²) in [5.41, 5.74) is 0. The van der Waals surface area contributed by atoms with E-state index in [-0.39, 0.29) is 18.6 Å². The number of rotatable bonds is 16. The monoisotopic (exact) mass is 315 g/mol. The Kier molecular flexibility index (Phi) is 16.3. The number of ether oxygens (including phenoxy) is 1. The fourth-order valence-electron chi connectivity index (χ4n) is 2.34. The lowest BCUT2D eigenvalue weighted by atomic mass is 10.1. The SMILES string of the molecule is CCCCCCCCCC(=O)NCC(CO)OCCCCC. The van der Waals surface area contributed by atoms with E-state index >= 15 is 0 Å². The van der Waals surface area contributed by atoms with Crippen LogP contribution in [0.5, 0.6) is 0 Å². The van der Waals surface area contributed by atoms with Crippen LogP contribution in [0.2, 0.25) is 0 Å². The Balaban J connectivity index is 3.48. The van der Waals surface area contributed by atoms with Crippen molar-refractivity contribution in [1.82, 2.24) is 5.32 Å². The van der Waals surface area contributed by atoms with Gasteiger partial charge in [0.1, 0.15) is 0 Å². The quantitative estimate of drug-likeness (QED) is 0.426. The van der Waals surface area contributed by atoms with Crippen LogP contribution in [0.15, 0.2) is 0 Å². The number of aliphatic hydroxyl groups is 1. The molecule has 0 aromatic carbocycles. The normalized spacial score (nSPS) is 12.3. The van der Waals surface area contributed by atoms with E-state index in [1.54, 1.807) is 0 Å². The molecule has 0 spiro atoms. The number of nitrogens with one attached hydrogen (secondary N) is 1. The lowest BCUT2D eigenvalue weighted by Gasteiger charge is -2.16. The molecule has 0 aromatic rings. The number of amides is 1. The van der Waals surface area contributed by atoms with Gasteiger partial charge in [-0.25, -0.2) is 0 Å². The standard InChI is InChI=1S/C18H37NO3/c1-3-5-7-8-9-10-11-13-18(21)19-15-17(16-20)22-14-12-6-4-2/h17,20H,3-16H2,1-2H3,(H,19,21). The van der Waals surface area contributed by atoms with Crippen LogP contribution in [0.4, 0.5) is 0 Å². The van der Waals surface area contributed by atoms with Gasteiger partial charge in [0, 0.05) is 19.6 Å². The van der Waals surface area contributed by atoms with E-state index in [1.807, 2.05) is 0 Å². The summed E-state index contributed by atoms with van der Waals surface area (Å²) in [5.74, 6) is 0.0733. The molecule has 0 saturated carbocycles. The summed E-state index contributed by atoms with van der Waals surface area (Å²) in [4.78, 5) is 11.7. The molecule has 2 N–H and O–H groups in total. The molecule has 1 unspecified atom stereocenters. The fraction of sp³-hybridized carbons (Fsp3) is 0.944. The number of hydrogen-bond acceptors (Lipinski definition) is 3. The van der Waals surface area contributed by atoms with Gasteiger partial charge in [-0.15, -0.1) is 0 Å². The molecule has 0 aliphatic rings. The van der Waals surface area contributed by atoms with Gasteiger partial charge in [-0.2, -0.15) is 0 Å². The molecule has 0 heterocycles. The third kappa shape index (κ3) is 14.3. The maximum absolute atomic E-state index is 11.7. The average Bonchev–Trinajstić information content (AvgIpc) is 2.53. The smallest absolute Gasteiger partial charge is 0.220 e. The largest absolute Gasteiger partial charge is 0.394 e. The Labute approximate surface area is 137 Å². The highest BCUT2D eigenvalue weighted by Gasteiger charge is 2.09. The zero-order chi connectivity index (χ0) is 16.5. The van der Waals surface area contributed by atoms with Crippen molar-refractivity contribution in [2.45, 2.75) is 90.6 Å². The van der Waals surface area contributed by atoms with Crippen LogP contribution in [0.25, 0.3) is 0 Å². The lowest BCUT2D eigenvalue weighted by Crippen LogP contribution is -2.35. The minimum absolute atomic E-state index is 0.0379. The van der Waals surface area contributed by atoms with Crippen molar-refractivity contribution in [2.24, 2.45) is 0 Å². The molecule has 0 fully saturated rings. The summed E-state index contributed by atoms with van der Waals surface area (Å²) in [6, 6.07) is 0. The van der Waals surface area contributed by atoms with E-state index in [1.165, 1.54) is 32.1 Å². The van der Waals surface area contributed by atoms with Crippen molar-refractivity contribution < 1.29 is 14.6 Å². The summed E-state index contributed by atoms with van der Waals surface area (Å²) >= 11 is 0. The van der Waals surface area contributed by atoms with Crippen LogP contribution in [-0.4, -0.2) is 36.9 Å². The van der Waals surface area contributed by atoms with Crippen LogP contribution in [0.1, 0.15) is 84.5 Å². The van der Waals surface area contributed by atoms with E-state index in [2.05, 4.69) is 19.2 Å². The zero-order valence-corrected chi connectivity index (χ0v) is 14.7. The lowest BCUT2D eigenvalue weighted by molar-refractivity contribution is -0.122. The molecule has 22 heavy (non-hydrogen) atoms. The van der Waals surface area contributed by atoms with Crippen LogP contribution in [0.3, 0.4) is 0 Å². The van der Waals surface area contributed by atoms with Crippen molar-refractivity contribution in [3.63, 3.8) is 0 Å². The van der Waals surface area contributed by atoms with Crippen molar-refractivity contribution in [1.29, 1.82) is 0 Å². The number of unbranched alkanes of at least 4 members (excludes halogenated alkanes) is 8. The van der Waals surface area contributed by atoms with Crippen molar-refractivity contribution >= 4 is 5.91 Å². The predicted molar refractivity (Wildman–Crippen MR) is 92.0 cm³/mol. The Bertz CT molecular complexity index is 246. The van der Waals surface area contributed by atoms with Gasteiger partial charge in [0.2, 0.25) is 5.91 Å². The van der Waals surface area contributed by atoms with E-state index in [0.29, 0.717) is 19.6 Å². The molecule has 1 atom stereocenters. The van der Waals surface area contributed by atoms with Crippen LogP contribution >= 0.6 is 0 Å². The zero-order valence-electron chi connectivity index (χ0n) is 14.7. The number of carbonyl (C=O) groups is 1. The maximum Gasteiger partial charge on any atom is 0.220 e. The van der Waals surface area contributed by atoms with Gasteiger partial charge in [-0.3, -0.25) is 4.79 Å². The molecule has 0 saturated heterocycles. The highest BCUT2D eigenvalue weighted by molar-refractivity contribution is 5.75. The molecular formula is C18H37NO3. The summed E-state index contributed by atoms with van der Waals surface area (Å²) < 4.78 is 5.56. The Morgan fingerprint density at radius 3 is 2.18 bits per heavy atom. The molecule has 0 bridgehead atoms. The molecule has 1 amide bonds. The first-order chi connectivity index (χ1) is 10.7. The van der Waals surface area contributed by atoms with Gasteiger partial charge in [0.25, 0.3) is 0 Å². The van der Waals surface area contributed by atoms with E-state index < -0.39 is 0 Å². The van der Waals surface area contributed by atoms with E-state index in [9.17, 15) is 9.90 Å². The second-order valence-corrected chi connectivity index (χ2v) is 6.06. The summed E-state index contributed by atoms with van der Waals surface area (Å²) in [6.07, 6.45) is 12.1. The first-order valence-electron chi connectivity index (χ1n) is 9.23. The first-order valence-corrected chi connectivity index (χ1v) is 9.23. The molecule has 0 aromatic heterocycles. The average molecular weight is 315 g/mol. The first kappa shape index (κ1) is 21.4. The highest BCUT2D eigenvalue weighted by atomic mass is 16.5. The summed E-state index contributed by atoms with van der Waals surface area (Å²) in [5, 5.41) is 12.1. The van der Waals surface area contributed by atoms with Gasteiger partial charge in [-0.05, 0) is 12.8 Å². The topological polar surface area (TPSA) is 58.6 Å². The Morgan fingerprint density at radius 2 is 1.55 bits per heavy atom. The second kappa shape index (κ2) is 16.8. The Morgan fingerprint density at radius 1 is 0.955 bits per heavy atom. The number of hydrogen-bond donors (Lipinski definition) is 2. The fourth-order valence-corrected chi connectivity index (χ4v) is 2.34. The van der Waals surface area contributed by atoms with Gasteiger partial charge in [0.15, 0.2) is 0 Å². The highest BCUT2D eigenvalue weighted by Crippen LogP contribution is 2.08. The summed E-state index contributed by atoms with van der Waals surface area (Å²) in [6.45, 7) is 5.40. The minimum atomic E-state index is -0.269. The third-order valence-electron chi connectivity index (χ3n) is 3.84. The van der Waals surface area contributed by atoms with Crippen molar-refractivity contribution in [3.05, 3.63) is 0 Å². The summed E-state index contributed by atoms with van der Waals surface area (Å²) in [7, 11) is 0. The van der Waals surface area contributed by atoms with Crippen molar-refractivity contribution in [3.8, 4) is 0 Å². The number of aliphatic hydroxyl groups excluding tert-OH is 1. The minimum Gasteiger partial charge on any atom is -0.394 e. The second-order valence-electron chi connectivity index (χ2n) is 6.06. The molecule has 0 radical (unpaired) electrons. The van der Waals surface area contributed by atoms with Gasteiger partial charge in [0.05, 0.1) is 12.7 Å². The van der Waals surface area contributed by atoms with Gasteiger partial charge in [-0.1, -0.05) is 65.2 Å². The molecule has 0 rings (SSSR count). The molecule has 4 nitrogen and oxygen atoms in total. The number of carbonyl (C=O) groups excluding carboxylic acids is 1. The predicted octanol–water partition coefficient (Wildman–Crippen LogP) is 3.81. The molecule has 0 aliphatic carbocycles. The molecule has 132 valence electrons. The van der Waals surface area contributed by atoms with Gasteiger partial charge < -0.3 is 15.2 Å². The Hall–Kier alpha value is -0.610. The van der Waals surface area contributed by atoms with Gasteiger partial charge >= 0.3 is 0 Å².